The van der Waals surface area contributed by atoms with Gasteiger partial charge < -0.3 is 9.47 Å². The standard InChI is InChI=1S/C8H8BrNO3/c1-12-7-3-5(9)8(13-2)10-6(7)4-11/h3-4H,1-2H3. The van der Waals surface area contributed by atoms with Gasteiger partial charge in [0.25, 0.3) is 0 Å². The Balaban J connectivity index is 3.26. The first-order valence-electron chi connectivity index (χ1n) is 3.46. The maximum Gasteiger partial charge on any atom is 0.228 e. The Hall–Kier alpha value is -1.10. The van der Waals surface area contributed by atoms with Crippen molar-refractivity contribution in [1.82, 2.24) is 4.98 Å². The molecule has 13 heavy (non-hydrogen) atoms. The lowest BCUT2D eigenvalue weighted by Gasteiger charge is -2.06. The summed E-state index contributed by atoms with van der Waals surface area (Å²) in [5, 5.41) is 0. The maximum absolute atomic E-state index is 10.6. The zero-order valence-corrected chi connectivity index (χ0v) is 8.79. The molecule has 0 N–H and O–H groups in total. The Bertz CT molecular complexity index is 327. The molecule has 1 rings (SSSR count). The molecule has 0 saturated heterocycles. The minimum absolute atomic E-state index is 0.225. The molecule has 70 valence electrons. The van der Waals surface area contributed by atoms with Crippen LogP contribution in [0.1, 0.15) is 10.5 Å². The predicted octanol–water partition coefficient (Wildman–Crippen LogP) is 1.67. The van der Waals surface area contributed by atoms with Gasteiger partial charge in [0, 0.05) is 6.07 Å². The van der Waals surface area contributed by atoms with Crippen molar-refractivity contribution >= 4 is 22.2 Å². The fourth-order valence-corrected chi connectivity index (χ4v) is 1.32. The van der Waals surface area contributed by atoms with Gasteiger partial charge in [0.05, 0.1) is 18.7 Å². The molecule has 0 radical (unpaired) electrons. The molecule has 0 amide bonds. The van der Waals surface area contributed by atoms with Crippen LogP contribution in [0.5, 0.6) is 11.6 Å². The highest BCUT2D eigenvalue weighted by Crippen LogP contribution is 2.28. The number of nitrogens with zero attached hydrogens (tertiary/aromatic N) is 1. The van der Waals surface area contributed by atoms with Crippen LogP contribution in [0.25, 0.3) is 0 Å². The van der Waals surface area contributed by atoms with Crippen LogP contribution >= 0.6 is 15.9 Å². The van der Waals surface area contributed by atoms with E-state index in [1.807, 2.05) is 0 Å². The molecule has 5 heteroatoms. The SMILES string of the molecule is COc1cc(Br)c(OC)nc1C=O. The van der Waals surface area contributed by atoms with E-state index in [-0.39, 0.29) is 5.69 Å². The van der Waals surface area contributed by atoms with Gasteiger partial charge in [-0.25, -0.2) is 4.98 Å². The molecular formula is C8H8BrNO3. The third-order valence-electron chi connectivity index (χ3n) is 1.46. The molecule has 4 nitrogen and oxygen atoms in total. The van der Waals surface area contributed by atoms with Gasteiger partial charge in [0.15, 0.2) is 6.29 Å². The highest BCUT2D eigenvalue weighted by atomic mass is 79.9. The number of halogens is 1. The molecule has 0 aliphatic heterocycles. The lowest BCUT2D eigenvalue weighted by Crippen LogP contribution is -1.97. The number of methoxy groups -OCH3 is 2. The summed E-state index contributed by atoms with van der Waals surface area (Å²) in [6.45, 7) is 0. The monoisotopic (exact) mass is 245 g/mol. The molecule has 0 aliphatic rings. The van der Waals surface area contributed by atoms with E-state index in [0.29, 0.717) is 22.4 Å². The first kappa shape index (κ1) is 9.98. The van der Waals surface area contributed by atoms with Crippen LogP contribution in [-0.2, 0) is 0 Å². The van der Waals surface area contributed by atoms with Crippen molar-refractivity contribution in [2.75, 3.05) is 14.2 Å². The minimum atomic E-state index is 0.225. The summed E-state index contributed by atoms with van der Waals surface area (Å²) in [5.74, 6) is 0.783. The van der Waals surface area contributed by atoms with Gasteiger partial charge in [-0.05, 0) is 15.9 Å². The lowest BCUT2D eigenvalue weighted by atomic mass is 10.3. The van der Waals surface area contributed by atoms with Crippen LogP contribution < -0.4 is 9.47 Å². The van der Waals surface area contributed by atoms with E-state index in [1.165, 1.54) is 14.2 Å². The van der Waals surface area contributed by atoms with Crippen molar-refractivity contribution in [2.45, 2.75) is 0 Å². The van der Waals surface area contributed by atoms with Gasteiger partial charge in [0.1, 0.15) is 11.4 Å². The van der Waals surface area contributed by atoms with Crippen LogP contribution in [-0.4, -0.2) is 25.5 Å². The molecule has 0 spiro atoms. The molecule has 0 atom stereocenters. The number of pyridine rings is 1. The van der Waals surface area contributed by atoms with Crippen LogP contribution in [0.4, 0.5) is 0 Å². The molecule has 1 aromatic heterocycles. The minimum Gasteiger partial charge on any atom is -0.494 e. The quantitative estimate of drug-likeness (QED) is 0.761. The van der Waals surface area contributed by atoms with Crippen molar-refractivity contribution in [2.24, 2.45) is 0 Å². The Kier molecular flexibility index (Phi) is 3.25. The average Bonchev–Trinajstić information content (AvgIpc) is 2.17. The molecule has 0 unspecified atom stereocenters. The summed E-state index contributed by atoms with van der Waals surface area (Å²) in [5.41, 5.74) is 0.225. The van der Waals surface area contributed by atoms with Gasteiger partial charge in [0.2, 0.25) is 5.88 Å². The zero-order chi connectivity index (χ0) is 9.84. The second-order valence-corrected chi connectivity index (χ2v) is 3.04. The fraction of sp³-hybridized carbons (Fsp3) is 0.250. The van der Waals surface area contributed by atoms with Crippen LogP contribution in [0, 0.1) is 0 Å². The highest BCUT2D eigenvalue weighted by Gasteiger charge is 2.09. The van der Waals surface area contributed by atoms with E-state index in [4.69, 9.17) is 9.47 Å². The Morgan fingerprint density at radius 2 is 2.15 bits per heavy atom. The molecule has 0 saturated carbocycles. The van der Waals surface area contributed by atoms with Gasteiger partial charge in [-0.1, -0.05) is 0 Å². The Morgan fingerprint density at radius 3 is 2.62 bits per heavy atom. The largest absolute Gasteiger partial charge is 0.494 e. The number of carbonyl (C=O) groups is 1. The van der Waals surface area contributed by atoms with E-state index in [9.17, 15) is 4.79 Å². The summed E-state index contributed by atoms with van der Waals surface area (Å²) >= 11 is 3.23. The van der Waals surface area contributed by atoms with Gasteiger partial charge in [-0.2, -0.15) is 0 Å². The topological polar surface area (TPSA) is 48.4 Å². The van der Waals surface area contributed by atoms with Crippen LogP contribution in [0.15, 0.2) is 10.5 Å². The molecule has 0 fully saturated rings. The smallest absolute Gasteiger partial charge is 0.228 e. The number of rotatable bonds is 3. The van der Waals surface area contributed by atoms with Crippen LogP contribution in [0.3, 0.4) is 0 Å². The van der Waals surface area contributed by atoms with Crippen molar-refractivity contribution in [3.63, 3.8) is 0 Å². The fourth-order valence-electron chi connectivity index (χ4n) is 0.860. The molecule has 0 bridgehead atoms. The van der Waals surface area contributed by atoms with E-state index >= 15 is 0 Å². The van der Waals surface area contributed by atoms with Crippen molar-refractivity contribution in [3.8, 4) is 11.6 Å². The number of aldehydes is 1. The summed E-state index contributed by atoms with van der Waals surface area (Å²) in [7, 11) is 2.96. The molecular weight excluding hydrogens is 238 g/mol. The highest BCUT2D eigenvalue weighted by molar-refractivity contribution is 9.10. The first-order chi connectivity index (χ1) is 6.22. The molecule has 0 aliphatic carbocycles. The van der Waals surface area contributed by atoms with Crippen LogP contribution in [0.2, 0.25) is 0 Å². The third-order valence-corrected chi connectivity index (χ3v) is 2.03. The number of hydrogen-bond acceptors (Lipinski definition) is 4. The lowest BCUT2D eigenvalue weighted by molar-refractivity contribution is 0.111. The summed E-state index contributed by atoms with van der Waals surface area (Å²) < 4.78 is 10.5. The van der Waals surface area contributed by atoms with Crippen molar-refractivity contribution in [1.29, 1.82) is 0 Å². The third kappa shape index (κ3) is 1.98. The predicted molar refractivity (Wildman–Crippen MR) is 50.4 cm³/mol. The molecule has 1 heterocycles. The second-order valence-electron chi connectivity index (χ2n) is 2.18. The van der Waals surface area contributed by atoms with E-state index < -0.39 is 0 Å². The molecule has 0 aromatic carbocycles. The Labute approximate surface area is 84.0 Å². The number of aromatic nitrogens is 1. The maximum atomic E-state index is 10.6. The van der Waals surface area contributed by atoms with Gasteiger partial charge >= 0.3 is 0 Å². The molecule has 1 aromatic rings. The van der Waals surface area contributed by atoms with Gasteiger partial charge in [-0.15, -0.1) is 0 Å². The van der Waals surface area contributed by atoms with E-state index in [2.05, 4.69) is 20.9 Å². The average molecular weight is 246 g/mol. The zero-order valence-electron chi connectivity index (χ0n) is 7.20. The Morgan fingerprint density at radius 1 is 1.46 bits per heavy atom. The van der Waals surface area contributed by atoms with E-state index in [0.717, 1.165) is 0 Å². The number of carbonyl (C=O) groups excluding carboxylic acids is 1. The normalized spacial score (nSPS) is 9.46. The first-order valence-corrected chi connectivity index (χ1v) is 4.26. The summed E-state index contributed by atoms with van der Waals surface area (Å²) in [6, 6.07) is 1.63. The second kappa shape index (κ2) is 4.23. The van der Waals surface area contributed by atoms with Gasteiger partial charge in [-0.3, -0.25) is 4.79 Å². The van der Waals surface area contributed by atoms with E-state index in [1.54, 1.807) is 6.07 Å². The number of ether oxygens (including phenoxy) is 2. The number of hydrogen-bond donors (Lipinski definition) is 0. The van der Waals surface area contributed by atoms with Crippen molar-refractivity contribution < 1.29 is 14.3 Å². The summed E-state index contributed by atoms with van der Waals surface area (Å²) in [6.07, 6.45) is 0.619. The summed E-state index contributed by atoms with van der Waals surface area (Å²) in [4.78, 5) is 14.5. The van der Waals surface area contributed by atoms with Crippen molar-refractivity contribution in [3.05, 3.63) is 16.2 Å².